The van der Waals surface area contributed by atoms with Gasteiger partial charge >= 0.3 is 0 Å². The van der Waals surface area contributed by atoms with E-state index in [1.54, 1.807) is 0 Å². The number of rotatable bonds is 8. The predicted molar refractivity (Wildman–Crippen MR) is 107 cm³/mol. The molecule has 1 aromatic carbocycles. The van der Waals surface area contributed by atoms with Gasteiger partial charge in [0.25, 0.3) is 5.91 Å². The monoisotopic (exact) mass is 397 g/mol. The molecular weight excluding hydrogens is 370 g/mol. The van der Waals surface area contributed by atoms with Crippen molar-refractivity contribution in [3.63, 3.8) is 0 Å². The van der Waals surface area contributed by atoms with Crippen LogP contribution in [0.2, 0.25) is 0 Å². The number of amides is 2. The number of carbonyl (C=O) groups excluding carboxylic acids is 2. The molecule has 8 nitrogen and oxygen atoms in total. The lowest BCUT2D eigenvalue weighted by Crippen LogP contribution is -2.55. The molecule has 0 bridgehead atoms. The molecule has 0 aromatic heterocycles. The number of hydrogen-bond donors (Lipinski definition) is 2. The molecule has 1 fully saturated rings. The number of morpholine rings is 1. The van der Waals surface area contributed by atoms with Gasteiger partial charge in [-0.15, -0.1) is 12.3 Å². The lowest BCUT2D eigenvalue weighted by atomic mass is 10.0. The van der Waals surface area contributed by atoms with Crippen molar-refractivity contribution in [3.8, 4) is 12.3 Å². The fourth-order valence-electron chi connectivity index (χ4n) is 3.41. The minimum Gasteiger partial charge on any atom is -0.363 e. The first-order valence-corrected chi connectivity index (χ1v) is 9.88. The van der Waals surface area contributed by atoms with E-state index < -0.39 is 11.8 Å². The smallest absolute Gasteiger partial charge is 0.268 e. The van der Waals surface area contributed by atoms with Gasteiger partial charge in [0.1, 0.15) is 0 Å². The Bertz CT molecular complexity index is 783. The second kappa shape index (κ2) is 9.63. The fraction of sp³-hybridized carbons (Fsp3) is 0.524. The van der Waals surface area contributed by atoms with Crippen LogP contribution in [0.1, 0.15) is 38.2 Å². The van der Waals surface area contributed by atoms with Crippen LogP contribution >= 0.6 is 0 Å². The molecule has 0 saturated carbocycles. The molecular formula is C21H27N5O3. The van der Waals surface area contributed by atoms with Gasteiger partial charge in [-0.1, -0.05) is 30.3 Å². The quantitative estimate of drug-likeness (QED) is 0.516. The van der Waals surface area contributed by atoms with Gasteiger partial charge in [-0.2, -0.15) is 10.2 Å². The molecule has 2 N–H and O–H groups in total. The number of benzene rings is 1. The maximum absolute atomic E-state index is 12.5. The minimum absolute atomic E-state index is 0.0759. The molecule has 2 atom stereocenters. The zero-order valence-corrected chi connectivity index (χ0v) is 16.6. The Morgan fingerprint density at radius 3 is 2.69 bits per heavy atom. The Hall–Kier alpha value is -2.76. The maximum Gasteiger partial charge on any atom is 0.268 e. The van der Waals surface area contributed by atoms with Gasteiger partial charge in [-0.3, -0.25) is 25.3 Å². The highest BCUT2D eigenvalue weighted by atomic mass is 16.5. The highest BCUT2D eigenvalue weighted by Crippen LogP contribution is 2.37. The molecule has 3 rings (SSSR count). The molecule has 29 heavy (non-hydrogen) atoms. The van der Waals surface area contributed by atoms with E-state index in [1.807, 2.05) is 25.1 Å². The van der Waals surface area contributed by atoms with Gasteiger partial charge < -0.3 is 4.74 Å². The van der Waals surface area contributed by atoms with Crippen molar-refractivity contribution in [1.82, 2.24) is 15.8 Å². The highest BCUT2D eigenvalue weighted by molar-refractivity contribution is 5.84. The van der Waals surface area contributed by atoms with E-state index >= 15 is 0 Å². The van der Waals surface area contributed by atoms with Gasteiger partial charge in [-0.25, -0.2) is 0 Å². The summed E-state index contributed by atoms with van der Waals surface area (Å²) in [6, 6.07) is 10.1. The average Bonchev–Trinajstić information content (AvgIpc) is 3.49. The molecule has 8 heteroatoms. The molecule has 2 amide bonds. The first-order chi connectivity index (χ1) is 14.0. The van der Waals surface area contributed by atoms with Crippen LogP contribution in [0.3, 0.4) is 0 Å². The fourth-order valence-corrected chi connectivity index (χ4v) is 3.41. The SMILES string of the molecule is C#CCCC1(CCC(=O)NNC(=O)[C@H]2CN(Cc3ccccc3)C[C@@H](C)O2)N=N1. The summed E-state index contributed by atoms with van der Waals surface area (Å²) in [5, 5.41) is 8.00. The first-order valence-electron chi connectivity index (χ1n) is 9.88. The Morgan fingerprint density at radius 2 is 2.00 bits per heavy atom. The van der Waals surface area contributed by atoms with Crippen molar-refractivity contribution in [3.05, 3.63) is 35.9 Å². The molecule has 0 aliphatic carbocycles. The molecule has 0 unspecified atom stereocenters. The van der Waals surface area contributed by atoms with Crippen LogP contribution in [-0.4, -0.2) is 47.7 Å². The molecule has 0 spiro atoms. The number of carbonyl (C=O) groups is 2. The van der Waals surface area contributed by atoms with Crippen LogP contribution in [-0.2, 0) is 20.9 Å². The molecule has 2 aliphatic rings. The number of nitrogens with one attached hydrogen (secondary N) is 2. The molecule has 2 heterocycles. The minimum atomic E-state index is -0.641. The molecule has 1 saturated heterocycles. The van der Waals surface area contributed by atoms with Crippen LogP contribution in [0.4, 0.5) is 0 Å². The van der Waals surface area contributed by atoms with Crippen LogP contribution in [0.5, 0.6) is 0 Å². The lowest BCUT2D eigenvalue weighted by Gasteiger charge is -2.36. The van der Waals surface area contributed by atoms with E-state index in [2.05, 4.69) is 44.0 Å². The van der Waals surface area contributed by atoms with Crippen molar-refractivity contribution in [2.45, 2.75) is 57.0 Å². The Balaban J connectivity index is 1.41. The maximum atomic E-state index is 12.5. The van der Waals surface area contributed by atoms with Crippen molar-refractivity contribution >= 4 is 11.8 Å². The van der Waals surface area contributed by atoms with Crippen molar-refractivity contribution < 1.29 is 14.3 Å². The zero-order chi connectivity index (χ0) is 20.7. The number of ether oxygens (including phenoxy) is 1. The summed E-state index contributed by atoms with van der Waals surface area (Å²) in [6.07, 6.45) is 6.45. The highest BCUT2D eigenvalue weighted by Gasteiger charge is 2.39. The Labute approximate surface area is 171 Å². The Kier molecular flexibility index (Phi) is 6.96. The Morgan fingerprint density at radius 1 is 1.24 bits per heavy atom. The van der Waals surface area contributed by atoms with Gasteiger partial charge in [0, 0.05) is 45.3 Å². The summed E-state index contributed by atoms with van der Waals surface area (Å²) in [4.78, 5) is 26.7. The molecule has 154 valence electrons. The van der Waals surface area contributed by atoms with Crippen LogP contribution in [0, 0.1) is 12.3 Å². The van der Waals surface area contributed by atoms with Crippen molar-refractivity contribution in [2.75, 3.05) is 13.1 Å². The van der Waals surface area contributed by atoms with E-state index in [9.17, 15) is 9.59 Å². The summed E-state index contributed by atoms with van der Waals surface area (Å²) in [7, 11) is 0. The molecule has 0 radical (unpaired) electrons. The average molecular weight is 397 g/mol. The summed E-state index contributed by atoms with van der Waals surface area (Å²) in [5.41, 5.74) is 5.61. The summed E-state index contributed by atoms with van der Waals surface area (Å²) in [6.45, 7) is 3.90. The van der Waals surface area contributed by atoms with Crippen LogP contribution < -0.4 is 10.9 Å². The lowest BCUT2D eigenvalue weighted by molar-refractivity contribution is -0.148. The molecule has 2 aliphatic heterocycles. The number of nitrogens with zero attached hydrogens (tertiary/aromatic N) is 3. The number of hydrazine groups is 1. The van der Waals surface area contributed by atoms with E-state index in [1.165, 1.54) is 5.56 Å². The summed E-state index contributed by atoms with van der Waals surface area (Å²) in [5.74, 6) is 1.91. The van der Waals surface area contributed by atoms with Crippen molar-refractivity contribution in [2.24, 2.45) is 10.2 Å². The summed E-state index contributed by atoms with van der Waals surface area (Å²) >= 11 is 0. The van der Waals surface area contributed by atoms with Gasteiger partial charge in [0.2, 0.25) is 5.91 Å². The van der Waals surface area contributed by atoms with Gasteiger partial charge in [0.05, 0.1) is 6.10 Å². The second-order valence-corrected chi connectivity index (χ2v) is 7.54. The van der Waals surface area contributed by atoms with E-state index in [-0.39, 0.29) is 24.3 Å². The molecule has 1 aromatic rings. The van der Waals surface area contributed by atoms with E-state index in [0.717, 1.165) is 13.1 Å². The van der Waals surface area contributed by atoms with Gasteiger partial charge in [0.15, 0.2) is 11.8 Å². The number of terminal acetylenes is 1. The van der Waals surface area contributed by atoms with E-state index in [4.69, 9.17) is 11.2 Å². The third kappa shape index (κ3) is 6.38. The number of hydrogen-bond acceptors (Lipinski definition) is 6. The predicted octanol–water partition coefficient (Wildman–Crippen LogP) is 1.78. The third-order valence-corrected chi connectivity index (χ3v) is 5.01. The van der Waals surface area contributed by atoms with Crippen LogP contribution in [0.15, 0.2) is 40.6 Å². The zero-order valence-electron chi connectivity index (χ0n) is 16.6. The van der Waals surface area contributed by atoms with Gasteiger partial charge in [-0.05, 0) is 12.5 Å². The summed E-state index contributed by atoms with van der Waals surface area (Å²) < 4.78 is 5.76. The largest absolute Gasteiger partial charge is 0.363 e. The topological polar surface area (TPSA) is 95.4 Å². The third-order valence-electron chi connectivity index (χ3n) is 5.01. The van der Waals surface area contributed by atoms with Crippen molar-refractivity contribution in [1.29, 1.82) is 0 Å². The van der Waals surface area contributed by atoms with E-state index in [0.29, 0.717) is 25.8 Å². The standard InChI is InChI=1S/C21H27N5O3/c1-3-4-11-21(24-25-21)12-10-19(27)22-23-20(28)18-15-26(13-16(2)29-18)14-17-8-6-5-7-9-17/h1,5-9,16,18H,4,10-15H2,2H3,(H,22,27)(H,23,28)/t16-,18-/m1/s1. The first kappa shape index (κ1) is 21.0. The normalized spacial score (nSPS) is 22.5. The second-order valence-electron chi connectivity index (χ2n) is 7.54. The van der Waals surface area contributed by atoms with Crippen LogP contribution in [0.25, 0.3) is 0 Å².